The standard InChI is InChI=1S/C27H32N6O2/c1-26(2,3)29-23(34)21-25(30-27(4,5)6)35-24(28-21)20-22(19-15-11-8-12-16-19)33(32-31-20)17-18-13-9-7-10-14-18/h7-16,30H,17H2,1-6H3,(H,29,34). The Balaban J connectivity index is 1.83. The number of hydrogen-bond donors (Lipinski definition) is 2. The van der Waals surface area contributed by atoms with E-state index < -0.39 is 5.54 Å². The smallest absolute Gasteiger partial charge is 0.275 e. The van der Waals surface area contributed by atoms with Gasteiger partial charge >= 0.3 is 0 Å². The van der Waals surface area contributed by atoms with Crippen molar-refractivity contribution in [2.45, 2.75) is 59.2 Å². The van der Waals surface area contributed by atoms with Crippen LogP contribution >= 0.6 is 0 Å². The van der Waals surface area contributed by atoms with Crippen LogP contribution in [0.25, 0.3) is 22.8 Å². The number of oxazole rings is 1. The molecule has 1 amide bonds. The summed E-state index contributed by atoms with van der Waals surface area (Å²) in [6.45, 7) is 12.3. The molecule has 2 aromatic heterocycles. The molecule has 8 nitrogen and oxygen atoms in total. The van der Waals surface area contributed by atoms with Gasteiger partial charge in [-0.25, -0.2) is 9.67 Å². The third-order valence-electron chi connectivity index (χ3n) is 4.98. The van der Waals surface area contributed by atoms with Gasteiger partial charge in [-0.3, -0.25) is 4.79 Å². The zero-order valence-corrected chi connectivity index (χ0v) is 21.1. The van der Waals surface area contributed by atoms with E-state index in [2.05, 4.69) is 25.9 Å². The lowest BCUT2D eigenvalue weighted by Crippen LogP contribution is -2.41. The maximum atomic E-state index is 13.1. The summed E-state index contributed by atoms with van der Waals surface area (Å²) in [5.41, 5.74) is 2.66. The summed E-state index contributed by atoms with van der Waals surface area (Å²) < 4.78 is 7.97. The number of rotatable bonds is 6. The maximum Gasteiger partial charge on any atom is 0.275 e. The van der Waals surface area contributed by atoms with Gasteiger partial charge in [0.1, 0.15) is 5.69 Å². The van der Waals surface area contributed by atoms with Crippen LogP contribution in [0.1, 0.15) is 57.6 Å². The molecule has 2 heterocycles. The second-order valence-electron chi connectivity index (χ2n) is 10.6. The summed E-state index contributed by atoms with van der Waals surface area (Å²) in [7, 11) is 0. The van der Waals surface area contributed by atoms with Crippen molar-refractivity contribution in [1.29, 1.82) is 0 Å². The Morgan fingerprint density at radius 1 is 0.914 bits per heavy atom. The molecule has 0 fully saturated rings. The van der Waals surface area contributed by atoms with Crippen molar-refractivity contribution in [2.24, 2.45) is 0 Å². The van der Waals surface area contributed by atoms with Gasteiger partial charge in [0.2, 0.25) is 5.88 Å². The Labute approximate surface area is 205 Å². The van der Waals surface area contributed by atoms with Crippen LogP contribution in [-0.4, -0.2) is 37.0 Å². The molecule has 0 radical (unpaired) electrons. The first-order valence-corrected chi connectivity index (χ1v) is 11.6. The van der Waals surface area contributed by atoms with E-state index in [9.17, 15) is 4.79 Å². The number of nitrogens with one attached hydrogen (secondary N) is 2. The average Bonchev–Trinajstić information content (AvgIpc) is 3.37. The van der Waals surface area contributed by atoms with Crippen molar-refractivity contribution in [3.8, 4) is 22.8 Å². The molecule has 4 rings (SSSR count). The Morgan fingerprint density at radius 2 is 1.54 bits per heavy atom. The predicted molar refractivity (Wildman–Crippen MR) is 137 cm³/mol. The van der Waals surface area contributed by atoms with Gasteiger partial charge in [-0.2, -0.15) is 0 Å². The van der Waals surface area contributed by atoms with E-state index in [4.69, 9.17) is 4.42 Å². The van der Waals surface area contributed by atoms with Crippen LogP contribution in [0.3, 0.4) is 0 Å². The normalized spacial score (nSPS) is 11.9. The molecule has 0 bridgehead atoms. The lowest BCUT2D eigenvalue weighted by atomic mass is 10.1. The van der Waals surface area contributed by atoms with E-state index in [1.54, 1.807) is 0 Å². The fourth-order valence-corrected chi connectivity index (χ4v) is 3.61. The fourth-order valence-electron chi connectivity index (χ4n) is 3.61. The highest BCUT2D eigenvalue weighted by atomic mass is 16.4. The molecule has 0 aliphatic carbocycles. The molecule has 0 saturated carbocycles. The largest absolute Gasteiger partial charge is 0.418 e. The molecule has 4 aromatic rings. The van der Waals surface area contributed by atoms with Gasteiger partial charge in [0.05, 0.1) is 6.54 Å². The Kier molecular flexibility index (Phi) is 6.47. The summed E-state index contributed by atoms with van der Waals surface area (Å²) in [6.07, 6.45) is 0. The van der Waals surface area contributed by atoms with Gasteiger partial charge in [-0.05, 0) is 47.1 Å². The van der Waals surface area contributed by atoms with Gasteiger partial charge in [-0.15, -0.1) is 5.10 Å². The first-order valence-electron chi connectivity index (χ1n) is 11.6. The van der Waals surface area contributed by atoms with Crippen LogP contribution in [0.15, 0.2) is 65.1 Å². The van der Waals surface area contributed by atoms with Crippen LogP contribution in [0.5, 0.6) is 0 Å². The van der Waals surface area contributed by atoms with Crippen LogP contribution < -0.4 is 10.6 Å². The molecular weight excluding hydrogens is 440 g/mol. The second-order valence-corrected chi connectivity index (χ2v) is 10.6. The third-order valence-corrected chi connectivity index (χ3v) is 4.98. The zero-order valence-electron chi connectivity index (χ0n) is 21.1. The minimum atomic E-state index is -0.427. The van der Waals surface area contributed by atoms with E-state index >= 15 is 0 Å². The van der Waals surface area contributed by atoms with Crippen molar-refractivity contribution in [1.82, 2.24) is 25.3 Å². The van der Waals surface area contributed by atoms with E-state index in [1.807, 2.05) is 107 Å². The zero-order chi connectivity index (χ0) is 25.2. The lowest BCUT2D eigenvalue weighted by molar-refractivity contribution is 0.0915. The Hall–Kier alpha value is -3.94. The quantitative estimate of drug-likeness (QED) is 0.391. The van der Waals surface area contributed by atoms with E-state index in [0.717, 1.165) is 16.8 Å². The first-order chi connectivity index (χ1) is 16.5. The molecule has 0 aliphatic heterocycles. The molecule has 182 valence electrons. The van der Waals surface area contributed by atoms with Crippen LogP contribution in [0.2, 0.25) is 0 Å². The highest BCUT2D eigenvalue weighted by Gasteiger charge is 2.29. The van der Waals surface area contributed by atoms with Gasteiger partial charge in [-0.1, -0.05) is 65.9 Å². The summed E-state index contributed by atoms with van der Waals surface area (Å²) in [5.74, 6) is 0.206. The van der Waals surface area contributed by atoms with Crippen molar-refractivity contribution in [3.63, 3.8) is 0 Å². The van der Waals surface area contributed by atoms with Crippen molar-refractivity contribution >= 4 is 11.8 Å². The van der Waals surface area contributed by atoms with Crippen LogP contribution in [0.4, 0.5) is 5.88 Å². The fraction of sp³-hybridized carbons (Fsp3) is 0.333. The van der Waals surface area contributed by atoms with Crippen molar-refractivity contribution < 1.29 is 9.21 Å². The predicted octanol–water partition coefficient (Wildman–Crippen LogP) is 5.39. The van der Waals surface area contributed by atoms with Crippen molar-refractivity contribution in [2.75, 3.05) is 5.32 Å². The Morgan fingerprint density at radius 3 is 2.14 bits per heavy atom. The molecular formula is C27H32N6O2. The number of hydrogen-bond acceptors (Lipinski definition) is 6. The molecule has 0 aliphatic rings. The molecule has 8 heteroatoms. The number of anilines is 1. The highest BCUT2D eigenvalue weighted by molar-refractivity contribution is 5.97. The van der Waals surface area contributed by atoms with Gasteiger partial charge in [0, 0.05) is 16.6 Å². The minimum absolute atomic E-state index is 0.182. The topological polar surface area (TPSA) is 97.9 Å². The number of benzene rings is 2. The van der Waals surface area contributed by atoms with Gasteiger partial charge in [0.15, 0.2) is 11.4 Å². The van der Waals surface area contributed by atoms with E-state index in [0.29, 0.717) is 18.1 Å². The van der Waals surface area contributed by atoms with E-state index in [-0.39, 0.29) is 23.0 Å². The average molecular weight is 473 g/mol. The number of carbonyl (C=O) groups excluding carboxylic acids is 1. The van der Waals surface area contributed by atoms with Gasteiger partial charge in [0.25, 0.3) is 11.8 Å². The third kappa shape index (κ3) is 5.95. The highest BCUT2D eigenvalue weighted by Crippen LogP contribution is 2.34. The number of nitrogens with zero attached hydrogens (tertiary/aromatic N) is 4. The van der Waals surface area contributed by atoms with Crippen LogP contribution in [-0.2, 0) is 6.54 Å². The van der Waals surface area contributed by atoms with Gasteiger partial charge < -0.3 is 15.1 Å². The summed E-state index contributed by atoms with van der Waals surface area (Å²) >= 11 is 0. The molecule has 35 heavy (non-hydrogen) atoms. The van der Waals surface area contributed by atoms with Crippen LogP contribution in [0, 0.1) is 0 Å². The minimum Gasteiger partial charge on any atom is -0.418 e. The number of carbonyl (C=O) groups is 1. The molecule has 0 unspecified atom stereocenters. The monoisotopic (exact) mass is 472 g/mol. The molecule has 2 N–H and O–H groups in total. The number of amides is 1. The maximum absolute atomic E-state index is 13.1. The summed E-state index contributed by atoms with van der Waals surface area (Å²) in [5, 5.41) is 15.1. The first kappa shape index (κ1) is 24.2. The summed E-state index contributed by atoms with van der Waals surface area (Å²) in [6, 6.07) is 19.9. The summed E-state index contributed by atoms with van der Waals surface area (Å²) in [4.78, 5) is 17.7. The number of aromatic nitrogens is 4. The molecule has 0 spiro atoms. The lowest BCUT2D eigenvalue weighted by Gasteiger charge is -2.22. The SMILES string of the molecule is CC(C)(C)NC(=O)c1nc(-c2nnn(Cc3ccccc3)c2-c2ccccc2)oc1NC(C)(C)C. The Bertz CT molecular complexity index is 1300. The molecule has 0 saturated heterocycles. The molecule has 0 atom stereocenters. The van der Waals surface area contributed by atoms with Crippen molar-refractivity contribution in [3.05, 3.63) is 71.9 Å². The second kappa shape index (κ2) is 9.37. The molecule has 2 aromatic carbocycles. The van der Waals surface area contributed by atoms with E-state index in [1.165, 1.54) is 0 Å².